The van der Waals surface area contributed by atoms with Crippen molar-refractivity contribution < 1.29 is 5.11 Å². The second-order valence-electron chi connectivity index (χ2n) is 1.67. The van der Waals surface area contributed by atoms with Gasteiger partial charge in [0.05, 0.1) is 4.99 Å². The van der Waals surface area contributed by atoms with Gasteiger partial charge in [0.25, 0.3) is 0 Å². The first kappa shape index (κ1) is 5.94. The minimum Gasteiger partial charge on any atom is -0.361 e. The van der Waals surface area contributed by atoms with Crippen LogP contribution in [-0.4, -0.2) is 23.0 Å². The smallest absolute Gasteiger partial charge is 0.181 e. The Balaban J connectivity index is 2.34. The average Bonchev–Trinajstić information content (AvgIpc) is 1.64. The zero-order chi connectivity index (χ0) is 5.98. The summed E-state index contributed by atoms with van der Waals surface area (Å²) in [6, 6.07) is 0. The minimum absolute atomic E-state index is 0.628. The van der Waals surface area contributed by atoms with Crippen LogP contribution in [0.4, 0.5) is 0 Å². The Bertz CT molecular complexity index is 106. The normalized spacial score (nSPS) is 29.6. The summed E-state index contributed by atoms with van der Waals surface area (Å²) in [5.41, 5.74) is 0. The molecule has 0 aromatic heterocycles. The standard InChI is InChI=1S/C4H8N2OS/c7-4-5-2-1-3(8)6-4/h4-5,7H,1-2H2,(H,6,8). The molecule has 3 nitrogen and oxygen atoms in total. The lowest BCUT2D eigenvalue weighted by Gasteiger charge is -2.21. The van der Waals surface area contributed by atoms with Crippen molar-refractivity contribution in [2.45, 2.75) is 12.8 Å². The first-order valence-electron chi connectivity index (χ1n) is 2.50. The monoisotopic (exact) mass is 132 g/mol. The molecule has 3 N–H and O–H groups in total. The molecule has 0 radical (unpaired) electrons. The highest BCUT2D eigenvalue weighted by Crippen LogP contribution is 1.88. The zero-order valence-electron chi connectivity index (χ0n) is 4.35. The molecule has 0 saturated carbocycles. The highest BCUT2D eigenvalue weighted by molar-refractivity contribution is 7.80. The van der Waals surface area contributed by atoms with Gasteiger partial charge in [0.1, 0.15) is 0 Å². The van der Waals surface area contributed by atoms with E-state index in [1.165, 1.54) is 0 Å². The maximum Gasteiger partial charge on any atom is 0.181 e. The summed E-state index contributed by atoms with van der Waals surface area (Å²) >= 11 is 4.77. The van der Waals surface area contributed by atoms with Gasteiger partial charge in [-0.05, 0) is 0 Å². The lowest BCUT2D eigenvalue weighted by atomic mass is 10.4. The largest absolute Gasteiger partial charge is 0.361 e. The van der Waals surface area contributed by atoms with Crippen LogP contribution in [0.5, 0.6) is 0 Å². The van der Waals surface area contributed by atoms with Crippen LogP contribution in [0.25, 0.3) is 0 Å². The van der Waals surface area contributed by atoms with Crippen LogP contribution in [-0.2, 0) is 0 Å². The molecule has 1 unspecified atom stereocenters. The molecule has 0 amide bonds. The molecule has 0 aliphatic carbocycles. The summed E-state index contributed by atoms with van der Waals surface area (Å²) < 4.78 is 0. The fourth-order valence-corrected chi connectivity index (χ4v) is 0.812. The first-order valence-corrected chi connectivity index (χ1v) is 2.91. The van der Waals surface area contributed by atoms with Crippen LogP contribution >= 0.6 is 12.2 Å². The third kappa shape index (κ3) is 1.40. The van der Waals surface area contributed by atoms with E-state index in [1.807, 2.05) is 0 Å². The minimum atomic E-state index is -0.628. The van der Waals surface area contributed by atoms with Crippen LogP contribution < -0.4 is 10.6 Å². The molecular formula is C4H8N2OS. The molecule has 0 aromatic carbocycles. The van der Waals surface area contributed by atoms with Crippen molar-refractivity contribution >= 4 is 17.2 Å². The lowest BCUT2D eigenvalue weighted by Crippen LogP contribution is -2.50. The van der Waals surface area contributed by atoms with Gasteiger partial charge in [-0.1, -0.05) is 12.2 Å². The summed E-state index contributed by atoms with van der Waals surface area (Å²) in [5.74, 6) is 0. The Hall–Kier alpha value is -0.190. The summed E-state index contributed by atoms with van der Waals surface area (Å²) in [5, 5.41) is 14.2. The topological polar surface area (TPSA) is 44.3 Å². The molecule has 1 saturated heterocycles. The van der Waals surface area contributed by atoms with Crippen molar-refractivity contribution in [3.63, 3.8) is 0 Å². The molecule has 4 heteroatoms. The van der Waals surface area contributed by atoms with E-state index < -0.39 is 6.35 Å². The molecule has 0 spiro atoms. The van der Waals surface area contributed by atoms with Gasteiger partial charge in [-0.2, -0.15) is 0 Å². The molecule has 0 aromatic rings. The maximum atomic E-state index is 8.77. The molecule has 1 aliphatic rings. The van der Waals surface area contributed by atoms with E-state index in [-0.39, 0.29) is 0 Å². The Morgan fingerprint density at radius 2 is 2.50 bits per heavy atom. The molecule has 1 atom stereocenters. The van der Waals surface area contributed by atoms with E-state index in [9.17, 15) is 0 Å². The number of hydrogen-bond acceptors (Lipinski definition) is 3. The second-order valence-corrected chi connectivity index (χ2v) is 2.17. The number of hydrogen-bond donors (Lipinski definition) is 3. The van der Waals surface area contributed by atoms with Gasteiger partial charge >= 0.3 is 0 Å². The zero-order valence-corrected chi connectivity index (χ0v) is 5.16. The predicted molar refractivity (Wildman–Crippen MR) is 34.4 cm³/mol. The van der Waals surface area contributed by atoms with Gasteiger partial charge in [-0.3, -0.25) is 5.32 Å². The van der Waals surface area contributed by atoms with Crippen LogP contribution in [0.2, 0.25) is 0 Å². The van der Waals surface area contributed by atoms with Gasteiger partial charge in [0.2, 0.25) is 0 Å². The third-order valence-corrected chi connectivity index (χ3v) is 1.31. The van der Waals surface area contributed by atoms with Gasteiger partial charge in [0, 0.05) is 13.0 Å². The Labute approximate surface area is 53.1 Å². The maximum absolute atomic E-state index is 8.77. The van der Waals surface area contributed by atoms with Crippen LogP contribution in [0.1, 0.15) is 6.42 Å². The number of nitrogens with one attached hydrogen (secondary N) is 2. The van der Waals surface area contributed by atoms with Crippen molar-refractivity contribution in [1.29, 1.82) is 0 Å². The Morgan fingerprint density at radius 1 is 1.75 bits per heavy atom. The van der Waals surface area contributed by atoms with E-state index >= 15 is 0 Å². The van der Waals surface area contributed by atoms with Gasteiger partial charge in [0.15, 0.2) is 6.35 Å². The van der Waals surface area contributed by atoms with Crippen LogP contribution in [0, 0.1) is 0 Å². The number of thiocarbonyl (C=S) groups is 1. The van der Waals surface area contributed by atoms with Gasteiger partial charge < -0.3 is 10.4 Å². The summed E-state index contributed by atoms with van der Waals surface area (Å²) in [6.45, 7) is 0.771. The quantitative estimate of drug-likeness (QED) is 0.376. The molecule has 0 bridgehead atoms. The van der Waals surface area contributed by atoms with E-state index in [2.05, 4.69) is 10.6 Å². The SMILES string of the molecule is OC1NCCC(=S)N1. The van der Waals surface area contributed by atoms with Gasteiger partial charge in [-0.15, -0.1) is 0 Å². The van der Waals surface area contributed by atoms with Crippen LogP contribution in [0.3, 0.4) is 0 Å². The summed E-state index contributed by atoms with van der Waals surface area (Å²) in [4.78, 5) is 0.733. The van der Waals surface area contributed by atoms with Crippen molar-refractivity contribution in [2.75, 3.05) is 6.54 Å². The molecular weight excluding hydrogens is 124 g/mol. The third-order valence-electron chi connectivity index (χ3n) is 0.987. The molecule has 1 heterocycles. The molecule has 1 aliphatic heterocycles. The Kier molecular flexibility index (Phi) is 1.77. The molecule has 1 fully saturated rings. The van der Waals surface area contributed by atoms with E-state index in [4.69, 9.17) is 17.3 Å². The fourth-order valence-electron chi connectivity index (χ4n) is 0.598. The fraction of sp³-hybridized carbons (Fsp3) is 0.750. The molecule has 46 valence electrons. The van der Waals surface area contributed by atoms with Crippen molar-refractivity contribution in [2.24, 2.45) is 0 Å². The number of aliphatic hydroxyl groups excluding tert-OH is 1. The predicted octanol–water partition coefficient (Wildman–Crippen LogP) is -0.827. The number of aliphatic hydroxyl groups is 1. The first-order chi connectivity index (χ1) is 3.79. The van der Waals surface area contributed by atoms with Crippen LogP contribution in [0.15, 0.2) is 0 Å². The second kappa shape index (κ2) is 2.39. The average molecular weight is 132 g/mol. The summed E-state index contributed by atoms with van der Waals surface area (Å²) in [6.07, 6.45) is 0.197. The summed E-state index contributed by atoms with van der Waals surface area (Å²) in [7, 11) is 0. The van der Waals surface area contributed by atoms with E-state index in [0.29, 0.717) is 0 Å². The van der Waals surface area contributed by atoms with Crippen molar-refractivity contribution in [3.8, 4) is 0 Å². The van der Waals surface area contributed by atoms with Gasteiger partial charge in [-0.25, -0.2) is 0 Å². The van der Waals surface area contributed by atoms with Crippen molar-refractivity contribution in [3.05, 3.63) is 0 Å². The molecule has 8 heavy (non-hydrogen) atoms. The number of rotatable bonds is 0. The highest BCUT2D eigenvalue weighted by atomic mass is 32.1. The van der Waals surface area contributed by atoms with Crippen molar-refractivity contribution in [1.82, 2.24) is 10.6 Å². The molecule has 1 rings (SSSR count). The van der Waals surface area contributed by atoms with E-state index in [0.717, 1.165) is 18.0 Å². The Morgan fingerprint density at radius 3 is 2.88 bits per heavy atom. The lowest BCUT2D eigenvalue weighted by molar-refractivity contribution is 0.116. The van der Waals surface area contributed by atoms with E-state index in [1.54, 1.807) is 0 Å². The highest BCUT2D eigenvalue weighted by Gasteiger charge is 2.09.